The molecule has 1 aliphatic heterocycles. The minimum Gasteiger partial charge on any atom is -0.308 e. The summed E-state index contributed by atoms with van der Waals surface area (Å²) >= 11 is 3.15. The van der Waals surface area contributed by atoms with Crippen molar-refractivity contribution in [3.05, 3.63) is 56.2 Å². The zero-order valence-corrected chi connectivity index (χ0v) is 16.9. The van der Waals surface area contributed by atoms with Gasteiger partial charge in [-0.15, -0.1) is 0 Å². The van der Waals surface area contributed by atoms with Gasteiger partial charge in [-0.2, -0.15) is 0 Å². The quantitative estimate of drug-likeness (QED) is 0.671. The molecule has 0 fully saturated rings. The van der Waals surface area contributed by atoms with E-state index >= 15 is 0 Å². The standard InChI is InChI=1S/C18H19N5O2S2/c1-11-6-4-5-7-12(11)10-23-13-14(21(2)18(25)22(3)15(13)24)20-16(23)27-17-19-8-9-26-17/h4-7H,8-10H2,1-3H3. The van der Waals surface area contributed by atoms with Crippen LogP contribution < -0.4 is 11.2 Å². The first-order valence-electron chi connectivity index (χ1n) is 8.53. The molecular formula is C18H19N5O2S2. The van der Waals surface area contributed by atoms with Crippen molar-refractivity contribution in [2.24, 2.45) is 19.1 Å². The first-order valence-corrected chi connectivity index (χ1v) is 10.3. The highest BCUT2D eigenvalue weighted by molar-refractivity contribution is 8.39. The van der Waals surface area contributed by atoms with Gasteiger partial charge in [0.2, 0.25) is 0 Å². The van der Waals surface area contributed by atoms with Gasteiger partial charge in [-0.1, -0.05) is 36.0 Å². The van der Waals surface area contributed by atoms with E-state index in [0.717, 1.165) is 32.4 Å². The number of thioether (sulfide) groups is 2. The number of aromatic nitrogens is 4. The third-order valence-corrected chi connectivity index (χ3v) is 6.80. The molecule has 9 heteroatoms. The zero-order valence-electron chi connectivity index (χ0n) is 15.3. The van der Waals surface area contributed by atoms with E-state index in [0.29, 0.717) is 22.9 Å². The molecule has 0 spiro atoms. The maximum Gasteiger partial charge on any atom is 0.332 e. The van der Waals surface area contributed by atoms with E-state index in [1.807, 2.05) is 35.8 Å². The Morgan fingerprint density at radius 1 is 1.19 bits per heavy atom. The molecule has 2 aromatic heterocycles. The van der Waals surface area contributed by atoms with Crippen molar-refractivity contribution < 1.29 is 0 Å². The molecule has 7 nitrogen and oxygen atoms in total. The molecule has 3 heterocycles. The highest BCUT2D eigenvalue weighted by Gasteiger charge is 2.22. The molecule has 0 amide bonds. The molecule has 3 aromatic rings. The zero-order chi connectivity index (χ0) is 19.1. The van der Waals surface area contributed by atoms with Crippen molar-refractivity contribution in [2.75, 3.05) is 12.3 Å². The normalized spacial score (nSPS) is 14.1. The minimum atomic E-state index is -0.378. The largest absolute Gasteiger partial charge is 0.332 e. The lowest BCUT2D eigenvalue weighted by molar-refractivity contribution is 0.696. The van der Waals surface area contributed by atoms with Gasteiger partial charge in [0.15, 0.2) is 16.3 Å². The van der Waals surface area contributed by atoms with Crippen LogP contribution in [0.5, 0.6) is 0 Å². The van der Waals surface area contributed by atoms with Crippen molar-refractivity contribution in [3.63, 3.8) is 0 Å². The predicted octanol–water partition coefficient (Wildman–Crippen LogP) is 1.99. The molecule has 0 radical (unpaired) electrons. The van der Waals surface area contributed by atoms with Crippen molar-refractivity contribution >= 4 is 39.1 Å². The van der Waals surface area contributed by atoms with Crippen LogP contribution in [-0.4, -0.2) is 35.4 Å². The highest BCUT2D eigenvalue weighted by atomic mass is 32.2. The minimum absolute atomic E-state index is 0.331. The third kappa shape index (κ3) is 3.14. The Labute approximate surface area is 164 Å². The van der Waals surface area contributed by atoms with Gasteiger partial charge in [0.1, 0.15) is 4.38 Å². The molecule has 0 unspecified atom stereocenters. The van der Waals surface area contributed by atoms with E-state index in [2.05, 4.69) is 9.98 Å². The Hall–Kier alpha value is -2.26. The number of imidazole rings is 1. The number of aryl methyl sites for hydroxylation is 2. The van der Waals surface area contributed by atoms with Crippen LogP contribution in [0.4, 0.5) is 0 Å². The van der Waals surface area contributed by atoms with Gasteiger partial charge < -0.3 is 4.57 Å². The summed E-state index contributed by atoms with van der Waals surface area (Å²) in [5.74, 6) is 0.959. The van der Waals surface area contributed by atoms with E-state index < -0.39 is 0 Å². The molecule has 0 bridgehead atoms. The van der Waals surface area contributed by atoms with Crippen molar-refractivity contribution in [1.82, 2.24) is 18.7 Å². The molecule has 1 aliphatic rings. The Morgan fingerprint density at radius 3 is 2.67 bits per heavy atom. The van der Waals surface area contributed by atoms with Crippen LogP contribution in [0, 0.1) is 6.92 Å². The Morgan fingerprint density at radius 2 is 1.96 bits per heavy atom. The Kier molecular flexibility index (Phi) is 4.73. The Bertz CT molecular complexity index is 1190. The highest BCUT2D eigenvalue weighted by Crippen LogP contribution is 2.30. The summed E-state index contributed by atoms with van der Waals surface area (Å²) in [6.45, 7) is 3.36. The summed E-state index contributed by atoms with van der Waals surface area (Å²) in [5.41, 5.74) is 2.39. The maximum absolute atomic E-state index is 12.9. The molecule has 140 valence electrons. The smallest absolute Gasteiger partial charge is 0.308 e. The van der Waals surface area contributed by atoms with Crippen LogP contribution in [0.3, 0.4) is 0 Å². The van der Waals surface area contributed by atoms with Gasteiger partial charge in [0.25, 0.3) is 5.56 Å². The Balaban J connectivity index is 1.96. The summed E-state index contributed by atoms with van der Waals surface area (Å²) in [7, 11) is 3.14. The number of nitrogens with zero attached hydrogens (tertiary/aromatic N) is 5. The second-order valence-electron chi connectivity index (χ2n) is 6.38. The first kappa shape index (κ1) is 18.1. The van der Waals surface area contributed by atoms with Crippen LogP contribution in [-0.2, 0) is 20.6 Å². The second kappa shape index (κ2) is 7.05. The molecule has 27 heavy (non-hydrogen) atoms. The number of benzene rings is 1. The van der Waals surface area contributed by atoms with Crippen LogP contribution >= 0.6 is 23.5 Å². The van der Waals surface area contributed by atoms with E-state index in [1.165, 1.54) is 23.4 Å². The third-order valence-electron chi connectivity index (χ3n) is 4.64. The van der Waals surface area contributed by atoms with Crippen LogP contribution in [0.1, 0.15) is 11.1 Å². The fraction of sp³-hybridized carbons (Fsp3) is 0.333. The summed E-state index contributed by atoms with van der Waals surface area (Å²) in [5, 5.41) is 0.680. The van der Waals surface area contributed by atoms with Crippen LogP contribution in [0.15, 0.2) is 44.0 Å². The summed E-state index contributed by atoms with van der Waals surface area (Å²) in [6, 6.07) is 8.07. The molecule has 0 atom stereocenters. The molecule has 0 N–H and O–H groups in total. The average Bonchev–Trinajstić information content (AvgIpc) is 3.29. The van der Waals surface area contributed by atoms with Crippen molar-refractivity contribution in [3.8, 4) is 0 Å². The number of fused-ring (bicyclic) bond motifs is 1. The molecule has 0 saturated heterocycles. The number of rotatable bonds is 3. The molecule has 0 saturated carbocycles. The number of hydrogen-bond donors (Lipinski definition) is 0. The maximum atomic E-state index is 12.9. The fourth-order valence-corrected chi connectivity index (χ4v) is 5.02. The van der Waals surface area contributed by atoms with Gasteiger partial charge in [-0.25, -0.2) is 9.78 Å². The van der Waals surface area contributed by atoms with Gasteiger partial charge >= 0.3 is 5.69 Å². The number of aliphatic imine (C=N–C) groups is 1. The lowest BCUT2D eigenvalue weighted by Gasteiger charge is -2.11. The van der Waals surface area contributed by atoms with Crippen LogP contribution in [0.2, 0.25) is 0 Å². The summed E-state index contributed by atoms with van der Waals surface area (Å²) in [4.78, 5) is 34.3. The van der Waals surface area contributed by atoms with Crippen molar-refractivity contribution in [1.29, 1.82) is 0 Å². The number of hydrogen-bond acceptors (Lipinski definition) is 6. The van der Waals surface area contributed by atoms with Crippen LogP contribution in [0.25, 0.3) is 11.2 Å². The lowest BCUT2D eigenvalue weighted by atomic mass is 10.1. The van der Waals surface area contributed by atoms with Crippen molar-refractivity contribution in [2.45, 2.75) is 18.6 Å². The summed E-state index contributed by atoms with van der Waals surface area (Å²) < 4.78 is 5.41. The molecule has 4 rings (SSSR count). The molecule has 0 aliphatic carbocycles. The average molecular weight is 402 g/mol. The van der Waals surface area contributed by atoms with E-state index in [1.54, 1.807) is 18.8 Å². The fourth-order valence-electron chi connectivity index (χ4n) is 3.06. The lowest BCUT2D eigenvalue weighted by Crippen LogP contribution is -2.37. The topological polar surface area (TPSA) is 74.2 Å². The predicted molar refractivity (Wildman–Crippen MR) is 111 cm³/mol. The first-order chi connectivity index (χ1) is 13.0. The second-order valence-corrected chi connectivity index (χ2v) is 8.68. The SMILES string of the molecule is Cc1ccccc1Cn1c(SC2=NCCS2)nc2c1c(=O)n(C)c(=O)n2C. The van der Waals surface area contributed by atoms with Gasteiger partial charge in [0.05, 0.1) is 13.1 Å². The van der Waals surface area contributed by atoms with E-state index in [-0.39, 0.29) is 11.2 Å². The van der Waals surface area contributed by atoms with E-state index in [9.17, 15) is 9.59 Å². The van der Waals surface area contributed by atoms with E-state index in [4.69, 9.17) is 0 Å². The molecular weight excluding hydrogens is 382 g/mol. The van der Waals surface area contributed by atoms with Gasteiger partial charge in [-0.3, -0.25) is 18.9 Å². The molecule has 1 aromatic carbocycles. The van der Waals surface area contributed by atoms with Gasteiger partial charge in [-0.05, 0) is 29.8 Å². The van der Waals surface area contributed by atoms with Gasteiger partial charge in [0, 0.05) is 19.8 Å². The summed E-state index contributed by atoms with van der Waals surface area (Å²) in [6.07, 6.45) is 0. The monoisotopic (exact) mass is 401 g/mol.